The van der Waals surface area contributed by atoms with Gasteiger partial charge in [-0.15, -0.1) is 11.3 Å². The Morgan fingerprint density at radius 1 is 1.62 bits per heavy atom. The fourth-order valence-corrected chi connectivity index (χ4v) is 2.51. The van der Waals surface area contributed by atoms with Crippen LogP contribution in [0.4, 0.5) is 0 Å². The molecule has 0 aromatic carbocycles. The van der Waals surface area contributed by atoms with Gasteiger partial charge in [0.05, 0.1) is 6.61 Å². The molecular weight excluding hydrogens is 244 g/mol. The number of thioether (sulfide) groups is 1. The van der Waals surface area contributed by atoms with Crippen LogP contribution in [0.5, 0.6) is 0 Å². The molecule has 0 aliphatic heterocycles. The van der Waals surface area contributed by atoms with Gasteiger partial charge < -0.3 is 4.74 Å². The van der Waals surface area contributed by atoms with Gasteiger partial charge in [0.2, 0.25) is 0 Å². The summed E-state index contributed by atoms with van der Waals surface area (Å²) < 4.78 is 4.93. The molecular formula is C10H10N2O2S2. The second kappa shape index (κ2) is 4.80. The average Bonchev–Trinajstić information content (AvgIpc) is 2.71. The Hall–Kier alpha value is -1.14. The minimum atomic E-state index is -0.295. The molecule has 0 bridgehead atoms. The summed E-state index contributed by atoms with van der Waals surface area (Å²) in [5.41, 5.74) is 0. The van der Waals surface area contributed by atoms with Crippen molar-refractivity contribution in [1.82, 2.24) is 9.97 Å². The quantitative estimate of drug-likeness (QED) is 0.479. The third kappa shape index (κ3) is 2.17. The van der Waals surface area contributed by atoms with Crippen molar-refractivity contribution in [2.24, 2.45) is 0 Å². The van der Waals surface area contributed by atoms with Crippen molar-refractivity contribution in [1.29, 1.82) is 0 Å². The zero-order chi connectivity index (χ0) is 11.5. The zero-order valence-corrected chi connectivity index (χ0v) is 10.5. The highest BCUT2D eigenvalue weighted by Gasteiger charge is 2.12. The van der Waals surface area contributed by atoms with Crippen LogP contribution in [-0.4, -0.2) is 28.8 Å². The number of esters is 1. The Balaban J connectivity index is 2.39. The fourth-order valence-electron chi connectivity index (χ4n) is 1.22. The summed E-state index contributed by atoms with van der Waals surface area (Å²) in [5.74, 6) is -0.295. The first-order chi connectivity index (χ1) is 7.74. The molecule has 0 saturated heterocycles. The van der Waals surface area contributed by atoms with E-state index in [9.17, 15) is 4.79 Å². The molecule has 0 N–H and O–H groups in total. The van der Waals surface area contributed by atoms with Crippen molar-refractivity contribution in [2.45, 2.75) is 12.1 Å². The Kier molecular flexibility index (Phi) is 3.40. The molecule has 0 aliphatic rings. The minimum Gasteiger partial charge on any atom is -0.462 e. The van der Waals surface area contributed by atoms with E-state index >= 15 is 0 Å². The smallest absolute Gasteiger partial charge is 0.348 e. The van der Waals surface area contributed by atoms with Crippen LogP contribution < -0.4 is 0 Å². The molecule has 0 atom stereocenters. The normalized spacial score (nSPS) is 10.6. The van der Waals surface area contributed by atoms with E-state index in [0.29, 0.717) is 16.6 Å². The molecule has 16 heavy (non-hydrogen) atoms. The maximum absolute atomic E-state index is 11.5. The maximum atomic E-state index is 11.5. The maximum Gasteiger partial charge on any atom is 0.348 e. The number of thiophene rings is 1. The fraction of sp³-hybridized carbons (Fsp3) is 0.300. The van der Waals surface area contributed by atoms with Gasteiger partial charge in [0.15, 0.2) is 5.16 Å². The Morgan fingerprint density at radius 3 is 3.12 bits per heavy atom. The highest BCUT2D eigenvalue weighted by atomic mass is 32.2. The van der Waals surface area contributed by atoms with E-state index in [1.54, 1.807) is 19.2 Å². The first-order valence-electron chi connectivity index (χ1n) is 4.72. The molecule has 2 rings (SSSR count). The van der Waals surface area contributed by atoms with Crippen molar-refractivity contribution in [3.63, 3.8) is 0 Å². The number of ether oxygens (including phenoxy) is 1. The van der Waals surface area contributed by atoms with Gasteiger partial charge in [0.1, 0.15) is 9.71 Å². The standard InChI is InChI=1S/C10H10N2O2S2/c1-3-14-9(13)7-4-6-5-11-10(15-2)12-8(6)16-7/h4-5H,3H2,1-2H3. The molecule has 0 radical (unpaired) electrons. The number of nitrogens with zero attached hydrogens (tertiary/aromatic N) is 2. The SMILES string of the molecule is CCOC(=O)c1cc2cnc(SC)nc2s1. The van der Waals surface area contributed by atoms with Crippen LogP contribution in [0.2, 0.25) is 0 Å². The molecule has 0 spiro atoms. The van der Waals surface area contributed by atoms with Gasteiger partial charge in [-0.1, -0.05) is 11.8 Å². The monoisotopic (exact) mass is 254 g/mol. The second-order valence-electron chi connectivity index (χ2n) is 2.95. The molecule has 2 aromatic heterocycles. The summed E-state index contributed by atoms with van der Waals surface area (Å²) >= 11 is 2.82. The van der Waals surface area contributed by atoms with Gasteiger partial charge in [-0.05, 0) is 19.2 Å². The van der Waals surface area contributed by atoms with Gasteiger partial charge in [0.25, 0.3) is 0 Å². The number of carbonyl (C=O) groups is 1. The van der Waals surface area contributed by atoms with E-state index in [0.717, 1.165) is 10.2 Å². The average molecular weight is 254 g/mol. The molecule has 6 heteroatoms. The third-order valence-corrected chi connectivity index (χ3v) is 3.50. The summed E-state index contributed by atoms with van der Waals surface area (Å²) in [6, 6.07) is 1.77. The van der Waals surface area contributed by atoms with Crippen LogP contribution in [0.3, 0.4) is 0 Å². The number of carbonyl (C=O) groups excluding carboxylic acids is 1. The zero-order valence-electron chi connectivity index (χ0n) is 8.89. The number of aromatic nitrogens is 2. The summed E-state index contributed by atoms with van der Waals surface area (Å²) in [6.07, 6.45) is 3.65. The lowest BCUT2D eigenvalue weighted by molar-refractivity contribution is 0.0532. The van der Waals surface area contributed by atoms with Gasteiger partial charge in [0, 0.05) is 11.6 Å². The number of rotatable bonds is 3. The molecule has 84 valence electrons. The topological polar surface area (TPSA) is 52.1 Å². The molecule has 4 nitrogen and oxygen atoms in total. The van der Waals surface area contributed by atoms with Crippen molar-refractivity contribution >= 4 is 39.3 Å². The predicted molar refractivity (Wildman–Crippen MR) is 65.2 cm³/mol. The van der Waals surface area contributed by atoms with E-state index in [1.807, 2.05) is 6.26 Å². The lowest BCUT2D eigenvalue weighted by Gasteiger charge is -1.95. The molecule has 0 saturated carbocycles. The van der Waals surface area contributed by atoms with E-state index in [2.05, 4.69) is 9.97 Å². The van der Waals surface area contributed by atoms with Crippen LogP contribution in [-0.2, 0) is 4.74 Å². The number of hydrogen-bond acceptors (Lipinski definition) is 6. The lowest BCUT2D eigenvalue weighted by Crippen LogP contribution is -2.01. The van der Waals surface area contributed by atoms with E-state index in [4.69, 9.17) is 4.74 Å². The highest BCUT2D eigenvalue weighted by molar-refractivity contribution is 7.98. The lowest BCUT2D eigenvalue weighted by atomic mass is 10.4. The van der Waals surface area contributed by atoms with Gasteiger partial charge in [-0.3, -0.25) is 0 Å². The molecule has 0 fully saturated rings. The Morgan fingerprint density at radius 2 is 2.44 bits per heavy atom. The Bertz CT molecular complexity index is 525. The summed E-state index contributed by atoms with van der Waals surface area (Å²) in [5, 5.41) is 1.59. The van der Waals surface area contributed by atoms with E-state index in [1.165, 1.54) is 23.1 Å². The summed E-state index contributed by atoms with van der Waals surface area (Å²) in [7, 11) is 0. The first-order valence-corrected chi connectivity index (χ1v) is 6.76. The molecule has 0 aliphatic carbocycles. The Labute approximate surface area is 101 Å². The van der Waals surface area contributed by atoms with Crippen LogP contribution in [0.1, 0.15) is 16.6 Å². The predicted octanol–water partition coefficient (Wildman–Crippen LogP) is 2.59. The van der Waals surface area contributed by atoms with Crippen molar-refractivity contribution in [3.05, 3.63) is 17.1 Å². The number of hydrogen-bond donors (Lipinski definition) is 0. The van der Waals surface area contributed by atoms with Crippen LogP contribution in [0.15, 0.2) is 17.4 Å². The first kappa shape index (κ1) is 11.3. The largest absolute Gasteiger partial charge is 0.462 e. The van der Waals surface area contributed by atoms with Crippen LogP contribution in [0, 0.1) is 0 Å². The summed E-state index contributed by atoms with van der Waals surface area (Å²) in [4.78, 5) is 21.4. The van der Waals surface area contributed by atoms with Crippen LogP contribution in [0.25, 0.3) is 10.2 Å². The number of fused-ring (bicyclic) bond motifs is 1. The molecule has 2 aromatic rings. The second-order valence-corrected chi connectivity index (χ2v) is 4.75. The molecule has 0 unspecified atom stereocenters. The van der Waals surface area contributed by atoms with Crippen molar-refractivity contribution < 1.29 is 9.53 Å². The van der Waals surface area contributed by atoms with E-state index in [-0.39, 0.29) is 5.97 Å². The van der Waals surface area contributed by atoms with Gasteiger partial charge in [-0.25, -0.2) is 14.8 Å². The highest BCUT2D eigenvalue weighted by Crippen LogP contribution is 2.25. The third-order valence-electron chi connectivity index (χ3n) is 1.91. The van der Waals surface area contributed by atoms with Crippen molar-refractivity contribution in [2.75, 3.05) is 12.9 Å². The van der Waals surface area contributed by atoms with Gasteiger partial charge in [-0.2, -0.15) is 0 Å². The molecule has 0 amide bonds. The van der Waals surface area contributed by atoms with E-state index < -0.39 is 0 Å². The molecule has 2 heterocycles. The summed E-state index contributed by atoms with van der Waals surface area (Å²) in [6.45, 7) is 2.17. The minimum absolute atomic E-state index is 0.295. The van der Waals surface area contributed by atoms with Crippen molar-refractivity contribution in [3.8, 4) is 0 Å². The van der Waals surface area contributed by atoms with Crippen LogP contribution >= 0.6 is 23.1 Å². The van der Waals surface area contributed by atoms with Gasteiger partial charge >= 0.3 is 5.97 Å².